The number of fused-ring (bicyclic) bond motifs is 1. The fourth-order valence-electron chi connectivity index (χ4n) is 2.74. The summed E-state index contributed by atoms with van der Waals surface area (Å²) in [7, 11) is 0. The van der Waals surface area contributed by atoms with Gasteiger partial charge in [0.25, 0.3) is 0 Å². The zero-order valence-electron chi connectivity index (χ0n) is 13.4. The molecular weight excluding hydrogens is 256 g/mol. The van der Waals surface area contributed by atoms with Crippen molar-refractivity contribution in [2.45, 2.75) is 40.0 Å². The van der Waals surface area contributed by atoms with E-state index >= 15 is 0 Å². The van der Waals surface area contributed by atoms with Gasteiger partial charge in [0.05, 0.1) is 11.0 Å². The molecule has 1 heterocycles. The standard InChI is InChI=1S/C19H22N2/c1-12-10-13(2)17-16(11-12)20-18(21-17)14-6-8-15(9-7-14)19(3,4)5/h6-11H,1-5H3,(H,20,21). The van der Waals surface area contributed by atoms with E-state index in [0.717, 1.165) is 22.4 Å². The van der Waals surface area contributed by atoms with Crippen molar-refractivity contribution in [2.75, 3.05) is 0 Å². The Bertz CT molecular complexity index is 787. The van der Waals surface area contributed by atoms with Crippen LogP contribution in [-0.2, 0) is 5.41 Å². The van der Waals surface area contributed by atoms with E-state index in [9.17, 15) is 0 Å². The van der Waals surface area contributed by atoms with Crippen LogP contribution in [0.25, 0.3) is 22.4 Å². The van der Waals surface area contributed by atoms with Crippen LogP contribution in [0.5, 0.6) is 0 Å². The molecule has 0 aliphatic heterocycles. The van der Waals surface area contributed by atoms with Gasteiger partial charge in [0.15, 0.2) is 0 Å². The molecule has 3 rings (SSSR count). The number of benzene rings is 2. The summed E-state index contributed by atoms with van der Waals surface area (Å²) in [6, 6.07) is 13.0. The number of rotatable bonds is 1. The third kappa shape index (κ3) is 2.58. The van der Waals surface area contributed by atoms with E-state index in [4.69, 9.17) is 4.98 Å². The van der Waals surface area contributed by atoms with E-state index in [1.807, 2.05) is 0 Å². The van der Waals surface area contributed by atoms with Crippen LogP contribution in [0.3, 0.4) is 0 Å². The van der Waals surface area contributed by atoms with Gasteiger partial charge in [-0.1, -0.05) is 51.1 Å². The molecule has 1 aromatic heterocycles. The summed E-state index contributed by atoms with van der Waals surface area (Å²) in [6.45, 7) is 10.9. The maximum atomic E-state index is 4.76. The molecule has 0 fully saturated rings. The molecular formula is C19H22N2. The minimum atomic E-state index is 0.181. The zero-order chi connectivity index (χ0) is 15.2. The van der Waals surface area contributed by atoms with Crippen LogP contribution in [0.4, 0.5) is 0 Å². The lowest BCUT2D eigenvalue weighted by Gasteiger charge is -2.18. The second kappa shape index (κ2) is 4.73. The number of aryl methyl sites for hydroxylation is 2. The molecule has 0 amide bonds. The molecule has 108 valence electrons. The van der Waals surface area contributed by atoms with Crippen LogP contribution >= 0.6 is 0 Å². The van der Waals surface area contributed by atoms with Crippen molar-refractivity contribution in [1.82, 2.24) is 9.97 Å². The van der Waals surface area contributed by atoms with Crippen LogP contribution in [0.2, 0.25) is 0 Å². The lowest BCUT2D eigenvalue weighted by atomic mass is 9.87. The van der Waals surface area contributed by atoms with Crippen molar-refractivity contribution >= 4 is 11.0 Å². The largest absolute Gasteiger partial charge is 0.338 e. The topological polar surface area (TPSA) is 28.7 Å². The molecule has 2 aromatic carbocycles. The highest BCUT2D eigenvalue weighted by Gasteiger charge is 2.14. The van der Waals surface area contributed by atoms with Gasteiger partial charge in [0, 0.05) is 5.56 Å². The number of nitrogens with zero attached hydrogens (tertiary/aromatic N) is 1. The zero-order valence-corrected chi connectivity index (χ0v) is 13.4. The first kappa shape index (κ1) is 13.9. The molecule has 0 aliphatic carbocycles. The summed E-state index contributed by atoms with van der Waals surface area (Å²) >= 11 is 0. The van der Waals surface area contributed by atoms with Gasteiger partial charge in [0.1, 0.15) is 5.82 Å². The third-order valence-electron chi connectivity index (χ3n) is 3.95. The average molecular weight is 278 g/mol. The number of nitrogens with one attached hydrogen (secondary N) is 1. The molecule has 0 radical (unpaired) electrons. The van der Waals surface area contributed by atoms with Crippen molar-refractivity contribution < 1.29 is 0 Å². The SMILES string of the molecule is Cc1cc(C)c2nc(-c3ccc(C(C)(C)C)cc3)[nH]c2c1. The van der Waals surface area contributed by atoms with E-state index in [1.165, 1.54) is 16.7 Å². The van der Waals surface area contributed by atoms with Crippen LogP contribution < -0.4 is 0 Å². The molecule has 21 heavy (non-hydrogen) atoms. The molecule has 0 aliphatic rings. The van der Waals surface area contributed by atoms with Gasteiger partial charge in [-0.25, -0.2) is 4.98 Å². The first-order chi connectivity index (χ1) is 9.84. The molecule has 0 bridgehead atoms. The number of aromatic amines is 1. The first-order valence-corrected chi connectivity index (χ1v) is 7.42. The van der Waals surface area contributed by atoms with Crippen LogP contribution in [0.1, 0.15) is 37.5 Å². The van der Waals surface area contributed by atoms with Crippen molar-refractivity contribution in [3.63, 3.8) is 0 Å². The molecule has 3 aromatic rings. The van der Waals surface area contributed by atoms with E-state index in [1.54, 1.807) is 0 Å². The molecule has 0 saturated carbocycles. The quantitative estimate of drug-likeness (QED) is 0.655. The molecule has 2 heteroatoms. The Labute approximate surface area is 126 Å². The minimum absolute atomic E-state index is 0.181. The highest BCUT2D eigenvalue weighted by molar-refractivity contribution is 5.83. The number of H-pyrrole nitrogens is 1. The number of aromatic nitrogens is 2. The first-order valence-electron chi connectivity index (χ1n) is 7.42. The summed E-state index contributed by atoms with van der Waals surface area (Å²) in [5.74, 6) is 0.944. The fourth-order valence-corrected chi connectivity index (χ4v) is 2.74. The third-order valence-corrected chi connectivity index (χ3v) is 3.95. The Balaban J connectivity index is 2.06. The minimum Gasteiger partial charge on any atom is -0.338 e. The second-order valence-corrected chi connectivity index (χ2v) is 6.89. The Morgan fingerprint density at radius 3 is 2.24 bits per heavy atom. The van der Waals surface area contributed by atoms with Gasteiger partial charge in [-0.3, -0.25) is 0 Å². The fraction of sp³-hybridized carbons (Fsp3) is 0.316. The van der Waals surface area contributed by atoms with Gasteiger partial charge in [0.2, 0.25) is 0 Å². The van der Waals surface area contributed by atoms with E-state index < -0.39 is 0 Å². The Morgan fingerprint density at radius 2 is 1.62 bits per heavy atom. The molecule has 0 spiro atoms. The average Bonchev–Trinajstić information content (AvgIpc) is 2.82. The van der Waals surface area contributed by atoms with Crippen molar-refractivity contribution in [2.24, 2.45) is 0 Å². The number of hydrogen-bond acceptors (Lipinski definition) is 1. The maximum absolute atomic E-state index is 4.76. The van der Waals surface area contributed by atoms with Crippen LogP contribution in [0, 0.1) is 13.8 Å². The highest BCUT2D eigenvalue weighted by Crippen LogP contribution is 2.27. The predicted molar refractivity (Wildman–Crippen MR) is 89.7 cm³/mol. The predicted octanol–water partition coefficient (Wildman–Crippen LogP) is 5.14. The second-order valence-electron chi connectivity index (χ2n) is 6.89. The number of hydrogen-bond donors (Lipinski definition) is 1. The number of imidazole rings is 1. The Morgan fingerprint density at radius 1 is 0.952 bits per heavy atom. The molecule has 0 atom stereocenters. The maximum Gasteiger partial charge on any atom is 0.138 e. The summed E-state index contributed by atoms with van der Waals surface area (Å²) < 4.78 is 0. The summed E-state index contributed by atoms with van der Waals surface area (Å²) in [5, 5.41) is 0. The highest BCUT2D eigenvalue weighted by atomic mass is 14.9. The Kier molecular flexibility index (Phi) is 3.12. The van der Waals surface area contributed by atoms with Crippen molar-refractivity contribution in [3.8, 4) is 11.4 Å². The van der Waals surface area contributed by atoms with Crippen molar-refractivity contribution in [1.29, 1.82) is 0 Å². The summed E-state index contributed by atoms with van der Waals surface area (Å²) in [4.78, 5) is 8.20. The monoisotopic (exact) mass is 278 g/mol. The van der Waals surface area contributed by atoms with E-state index in [0.29, 0.717) is 0 Å². The molecule has 2 nitrogen and oxygen atoms in total. The normalized spacial score (nSPS) is 12.0. The van der Waals surface area contributed by atoms with Gasteiger partial charge >= 0.3 is 0 Å². The molecule has 1 N–H and O–H groups in total. The smallest absolute Gasteiger partial charge is 0.138 e. The van der Waals surface area contributed by atoms with Gasteiger partial charge in [-0.2, -0.15) is 0 Å². The van der Waals surface area contributed by atoms with Gasteiger partial charge in [-0.05, 0) is 42.0 Å². The summed E-state index contributed by atoms with van der Waals surface area (Å²) in [5.41, 5.74) is 7.32. The van der Waals surface area contributed by atoms with E-state index in [-0.39, 0.29) is 5.41 Å². The van der Waals surface area contributed by atoms with Crippen LogP contribution in [0.15, 0.2) is 36.4 Å². The van der Waals surface area contributed by atoms with Gasteiger partial charge in [-0.15, -0.1) is 0 Å². The lowest BCUT2D eigenvalue weighted by molar-refractivity contribution is 0.590. The van der Waals surface area contributed by atoms with Crippen LogP contribution in [-0.4, -0.2) is 9.97 Å². The van der Waals surface area contributed by atoms with E-state index in [2.05, 4.69) is 76.0 Å². The summed E-state index contributed by atoms with van der Waals surface area (Å²) in [6.07, 6.45) is 0. The lowest BCUT2D eigenvalue weighted by Crippen LogP contribution is -2.10. The van der Waals surface area contributed by atoms with Crippen molar-refractivity contribution in [3.05, 3.63) is 53.1 Å². The molecule has 0 saturated heterocycles. The molecule has 0 unspecified atom stereocenters. The van der Waals surface area contributed by atoms with Gasteiger partial charge < -0.3 is 4.98 Å². The Hall–Kier alpha value is -2.09.